The fourth-order valence-corrected chi connectivity index (χ4v) is 9.42. The molecule has 1 saturated heterocycles. The van der Waals surface area contributed by atoms with Crippen LogP contribution >= 0.6 is 0 Å². The molecule has 2 bridgehead atoms. The van der Waals surface area contributed by atoms with E-state index < -0.39 is 42.3 Å². The Morgan fingerprint density at radius 1 is 1.00 bits per heavy atom. The lowest BCUT2D eigenvalue weighted by Crippen LogP contribution is -2.65. The molecule has 1 aliphatic heterocycles. The summed E-state index contributed by atoms with van der Waals surface area (Å²) in [6, 6.07) is 18.1. The summed E-state index contributed by atoms with van der Waals surface area (Å²) in [4.78, 5) is 44.1. The first-order valence-corrected chi connectivity index (χ1v) is 19.1. The molecule has 0 unspecified atom stereocenters. The molecule has 2 amide bonds. The molecule has 0 spiro atoms. The SMILES string of the molecule is CC(C)C[C@H](NC(=O)[C@H](Cc1c[nH]c2ccccc12)NC(=O)c1cc(Cc2n[nH]c(=O)c3ccccc23)ccc1F)B1O[C@@H]2C[C@@H]3C[C@@H](C3(C)C)[C@]2(C)O1. The number of fused-ring (bicyclic) bond motifs is 2. The molecule has 9 rings (SSSR count). The number of H-pyrrole nitrogens is 2. The number of benzene rings is 3. The summed E-state index contributed by atoms with van der Waals surface area (Å²) in [5.74, 6) is -1.14. The van der Waals surface area contributed by atoms with Crippen LogP contribution in [0.3, 0.4) is 0 Å². The maximum absolute atomic E-state index is 15.5. The summed E-state index contributed by atoms with van der Waals surface area (Å²) in [6.07, 6.45) is 4.85. The number of para-hydroxylation sites is 1. The number of aromatic nitrogens is 3. The van der Waals surface area contributed by atoms with E-state index >= 15 is 4.39 Å². The standard InChI is InChI=1S/C42H47BFN5O5/c1-23(2)16-37(43-53-36-21-26-20-35(41(26,3)4)42(36,5)54-43)47-40(52)34(19-25-22-45-32-13-9-8-10-27(25)32)46-38(50)30-17-24(14-15-31(30)44)18-33-28-11-6-7-12-29(28)39(51)49-48-33/h6-15,17,22-23,26,34-37,45H,16,18-21H2,1-5H3,(H,46,50)(H,47,52)(H,49,51)/t26-,34-,35-,36+,37-,42-/m0/s1. The molecular formula is C42H47BFN5O5. The summed E-state index contributed by atoms with van der Waals surface area (Å²) >= 11 is 0. The molecule has 10 nitrogen and oxygen atoms in total. The minimum Gasteiger partial charge on any atom is -0.404 e. The van der Waals surface area contributed by atoms with E-state index in [4.69, 9.17) is 9.31 Å². The second-order valence-electron chi connectivity index (χ2n) is 16.7. The smallest absolute Gasteiger partial charge is 0.404 e. The zero-order chi connectivity index (χ0) is 37.9. The van der Waals surface area contributed by atoms with E-state index in [2.05, 4.69) is 60.4 Å². The maximum Gasteiger partial charge on any atom is 0.481 e. The van der Waals surface area contributed by atoms with E-state index in [1.54, 1.807) is 18.2 Å². The first-order valence-electron chi connectivity index (χ1n) is 19.1. The maximum atomic E-state index is 15.5. The Labute approximate surface area is 314 Å². The largest absolute Gasteiger partial charge is 0.481 e. The van der Waals surface area contributed by atoms with Crippen molar-refractivity contribution in [3.05, 3.63) is 111 Å². The van der Waals surface area contributed by atoms with Gasteiger partial charge in [-0.05, 0) is 84.7 Å². The molecule has 54 heavy (non-hydrogen) atoms. The number of aromatic amines is 2. The van der Waals surface area contributed by atoms with Gasteiger partial charge in [0.2, 0.25) is 5.91 Å². The number of hydrogen-bond donors (Lipinski definition) is 4. The van der Waals surface area contributed by atoms with Crippen LogP contribution in [0.1, 0.15) is 81.1 Å². The van der Waals surface area contributed by atoms with E-state index in [1.165, 1.54) is 12.1 Å². The third kappa shape index (κ3) is 6.43. The van der Waals surface area contributed by atoms with Crippen molar-refractivity contribution in [2.75, 3.05) is 0 Å². The average Bonchev–Trinajstić information content (AvgIpc) is 3.73. The predicted molar refractivity (Wildman–Crippen MR) is 206 cm³/mol. The van der Waals surface area contributed by atoms with Crippen LogP contribution in [0.2, 0.25) is 0 Å². The zero-order valence-corrected chi connectivity index (χ0v) is 31.4. The van der Waals surface area contributed by atoms with Gasteiger partial charge in [0.15, 0.2) is 0 Å². The van der Waals surface area contributed by atoms with Gasteiger partial charge in [0.05, 0.1) is 34.3 Å². The second-order valence-corrected chi connectivity index (χ2v) is 16.7. The molecule has 3 aromatic carbocycles. The van der Waals surface area contributed by atoms with E-state index in [-0.39, 0.29) is 41.4 Å². The Hall–Kier alpha value is -4.81. The molecule has 0 radical (unpaired) electrons. The van der Waals surface area contributed by atoms with Crippen LogP contribution < -0.4 is 16.2 Å². The molecule has 4 N–H and O–H groups in total. The number of carbonyl (C=O) groups excluding carboxylic acids is 2. The third-order valence-electron chi connectivity index (χ3n) is 12.5. The molecule has 4 fully saturated rings. The van der Waals surface area contributed by atoms with Crippen LogP contribution in [0.15, 0.2) is 77.7 Å². The topological polar surface area (TPSA) is 138 Å². The van der Waals surface area contributed by atoms with Gasteiger partial charge in [-0.3, -0.25) is 14.4 Å². The summed E-state index contributed by atoms with van der Waals surface area (Å²) in [5, 5.41) is 15.0. The van der Waals surface area contributed by atoms with Gasteiger partial charge in [-0.15, -0.1) is 0 Å². The Morgan fingerprint density at radius 3 is 2.50 bits per heavy atom. The minimum atomic E-state index is -1.05. The van der Waals surface area contributed by atoms with Crippen LogP contribution in [0.25, 0.3) is 21.7 Å². The van der Waals surface area contributed by atoms with Crippen LogP contribution in [0.5, 0.6) is 0 Å². The molecule has 6 atom stereocenters. The molecule has 12 heteroatoms. The van der Waals surface area contributed by atoms with Gasteiger partial charge in [0.1, 0.15) is 11.9 Å². The van der Waals surface area contributed by atoms with Gasteiger partial charge in [-0.25, -0.2) is 9.49 Å². The molecule has 4 aliphatic rings. The summed E-state index contributed by atoms with van der Waals surface area (Å²) < 4.78 is 28.9. The van der Waals surface area contributed by atoms with Gasteiger partial charge in [-0.1, -0.05) is 70.2 Å². The van der Waals surface area contributed by atoms with Crippen LogP contribution in [-0.2, 0) is 26.9 Å². The van der Waals surface area contributed by atoms with E-state index in [1.807, 2.05) is 42.6 Å². The van der Waals surface area contributed by atoms with Crippen molar-refractivity contribution in [2.45, 2.75) is 90.4 Å². The monoisotopic (exact) mass is 731 g/mol. The predicted octanol–water partition coefficient (Wildman–Crippen LogP) is 6.27. The fourth-order valence-electron chi connectivity index (χ4n) is 9.42. The number of halogens is 1. The van der Waals surface area contributed by atoms with Gasteiger partial charge >= 0.3 is 7.12 Å². The van der Waals surface area contributed by atoms with Crippen molar-refractivity contribution in [1.29, 1.82) is 0 Å². The van der Waals surface area contributed by atoms with Crippen molar-refractivity contribution in [3.63, 3.8) is 0 Å². The van der Waals surface area contributed by atoms with Crippen LogP contribution in [-0.4, -0.2) is 57.8 Å². The second kappa shape index (κ2) is 13.8. The minimum absolute atomic E-state index is 0.0490. The van der Waals surface area contributed by atoms with E-state index in [9.17, 15) is 14.4 Å². The van der Waals surface area contributed by atoms with E-state index in [0.29, 0.717) is 40.3 Å². The van der Waals surface area contributed by atoms with Crippen LogP contribution in [0.4, 0.5) is 4.39 Å². The lowest BCUT2D eigenvalue weighted by atomic mass is 9.43. The highest BCUT2D eigenvalue weighted by molar-refractivity contribution is 6.48. The Morgan fingerprint density at radius 2 is 1.74 bits per heavy atom. The third-order valence-corrected chi connectivity index (χ3v) is 12.5. The first kappa shape index (κ1) is 36.2. The van der Waals surface area contributed by atoms with Gasteiger partial charge in [-0.2, -0.15) is 5.10 Å². The van der Waals surface area contributed by atoms with Gasteiger partial charge in [0.25, 0.3) is 11.5 Å². The Bertz CT molecular complexity index is 2310. The molecule has 5 aromatic rings. The highest BCUT2D eigenvalue weighted by atomic mass is 19.1. The summed E-state index contributed by atoms with van der Waals surface area (Å²) in [5.41, 5.74) is 2.18. The van der Waals surface area contributed by atoms with Crippen molar-refractivity contribution < 1.29 is 23.3 Å². The first-order chi connectivity index (χ1) is 25.8. The lowest BCUT2D eigenvalue weighted by molar-refractivity contribution is -0.199. The Balaban J connectivity index is 1.06. The van der Waals surface area contributed by atoms with Crippen molar-refractivity contribution in [1.82, 2.24) is 25.8 Å². The average molecular weight is 732 g/mol. The Kier molecular flexibility index (Phi) is 9.25. The number of nitrogens with zero attached hydrogens (tertiary/aromatic N) is 1. The summed E-state index contributed by atoms with van der Waals surface area (Å²) in [7, 11) is -0.641. The number of carbonyl (C=O) groups is 2. The number of rotatable bonds is 11. The number of hydrogen-bond acceptors (Lipinski definition) is 6. The fraction of sp³-hybridized carbons (Fsp3) is 0.429. The molecule has 280 valence electrons. The quantitative estimate of drug-likeness (QED) is 0.118. The zero-order valence-electron chi connectivity index (χ0n) is 31.4. The van der Waals surface area contributed by atoms with Crippen molar-refractivity contribution in [3.8, 4) is 0 Å². The molecular weight excluding hydrogens is 684 g/mol. The van der Waals surface area contributed by atoms with Crippen LogP contribution in [0, 0.1) is 29.0 Å². The molecule has 3 aliphatic carbocycles. The molecule has 2 aromatic heterocycles. The van der Waals surface area contributed by atoms with Crippen molar-refractivity contribution >= 4 is 40.6 Å². The summed E-state index contributed by atoms with van der Waals surface area (Å²) in [6.45, 7) is 11.0. The number of amides is 2. The molecule has 3 saturated carbocycles. The van der Waals surface area contributed by atoms with Crippen molar-refractivity contribution in [2.24, 2.45) is 23.2 Å². The lowest BCUT2D eigenvalue weighted by Gasteiger charge is -2.64. The van der Waals surface area contributed by atoms with Gasteiger partial charge < -0.3 is 24.9 Å². The highest BCUT2D eigenvalue weighted by Crippen LogP contribution is 2.65. The number of nitrogens with one attached hydrogen (secondary N) is 4. The highest BCUT2D eigenvalue weighted by Gasteiger charge is 2.68. The van der Waals surface area contributed by atoms with Gasteiger partial charge in [0, 0.05) is 35.3 Å². The van der Waals surface area contributed by atoms with E-state index in [0.717, 1.165) is 29.3 Å². The normalized spacial score (nSPS) is 23.9. The molecule has 3 heterocycles.